The number of halogens is 1. The average molecular weight is 497 g/mol. The zero-order chi connectivity index (χ0) is 18.4. The highest BCUT2D eigenvalue weighted by atomic mass is 127. The SMILES string of the molecule is CCNC(=NCCc1ncc(C)s1)NCCc1c(C)[nH]c2ccccc12.I. The van der Waals surface area contributed by atoms with Gasteiger partial charge in [0.05, 0.1) is 5.01 Å². The molecular formula is C20H28IN5S. The molecule has 3 rings (SSSR count). The van der Waals surface area contributed by atoms with Gasteiger partial charge in [-0.05, 0) is 38.8 Å². The second-order valence-electron chi connectivity index (χ2n) is 6.33. The van der Waals surface area contributed by atoms with E-state index in [0.717, 1.165) is 43.4 Å². The lowest BCUT2D eigenvalue weighted by molar-refractivity contribution is 0.796. The third-order valence-electron chi connectivity index (χ3n) is 4.30. The van der Waals surface area contributed by atoms with Gasteiger partial charge in [-0.15, -0.1) is 35.3 Å². The Morgan fingerprint density at radius 1 is 1.19 bits per heavy atom. The van der Waals surface area contributed by atoms with E-state index in [4.69, 9.17) is 0 Å². The second-order valence-corrected chi connectivity index (χ2v) is 7.65. The van der Waals surface area contributed by atoms with Gasteiger partial charge in [0.2, 0.25) is 0 Å². The molecule has 0 spiro atoms. The van der Waals surface area contributed by atoms with Gasteiger partial charge in [-0.3, -0.25) is 4.99 Å². The van der Waals surface area contributed by atoms with Crippen LogP contribution in [-0.2, 0) is 12.8 Å². The molecule has 0 aliphatic heterocycles. The number of hydrogen-bond acceptors (Lipinski definition) is 3. The summed E-state index contributed by atoms with van der Waals surface area (Å²) in [6.07, 6.45) is 3.78. The largest absolute Gasteiger partial charge is 0.358 e. The van der Waals surface area contributed by atoms with Crippen molar-refractivity contribution in [1.82, 2.24) is 20.6 Å². The van der Waals surface area contributed by atoms with Crippen molar-refractivity contribution in [2.75, 3.05) is 19.6 Å². The second kappa shape index (κ2) is 10.7. The number of aromatic nitrogens is 2. The molecule has 1 aromatic carbocycles. The number of fused-ring (bicyclic) bond motifs is 1. The lowest BCUT2D eigenvalue weighted by atomic mass is 10.1. The quantitative estimate of drug-likeness (QED) is 0.261. The number of rotatable bonds is 7. The zero-order valence-corrected chi connectivity index (χ0v) is 19.3. The number of nitrogens with zero attached hydrogens (tertiary/aromatic N) is 2. The Kier molecular flexibility index (Phi) is 8.56. The summed E-state index contributed by atoms with van der Waals surface area (Å²) in [6, 6.07) is 8.48. The zero-order valence-electron chi connectivity index (χ0n) is 16.1. The van der Waals surface area contributed by atoms with Crippen LogP contribution in [0.4, 0.5) is 0 Å². The third-order valence-corrected chi connectivity index (χ3v) is 5.28. The van der Waals surface area contributed by atoms with Crippen LogP contribution in [0.2, 0.25) is 0 Å². The van der Waals surface area contributed by atoms with E-state index in [2.05, 4.69) is 70.6 Å². The minimum Gasteiger partial charge on any atom is -0.358 e. The summed E-state index contributed by atoms with van der Waals surface area (Å²) in [5, 5.41) is 9.23. The fraction of sp³-hybridized carbons (Fsp3) is 0.400. The molecule has 0 radical (unpaired) electrons. The lowest BCUT2D eigenvalue weighted by Crippen LogP contribution is -2.38. The summed E-state index contributed by atoms with van der Waals surface area (Å²) in [4.78, 5) is 13.8. The van der Waals surface area contributed by atoms with Gasteiger partial charge in [0, 0.05) is 53.7 Å². The molecule has 0 unspecified atom stereocenters. The maximum Gasteiger partial charge on any atom is 0.191 e. The number of nitrogens with one attached hydrogen (secondary N) is 3. The minimum atomic E-state index is 0. The Hall–Kier alpha value is -1.61. The molecule has 2 heterocycles. The summed E-state index contributed by atoms with van der Waals surface area (Å²) in [6.45, 7) is 8.77. The van der Waals surface area contributed by atoms with E-state index in [1.807, 2.05) is 6.20 Å². The third kappa shape index (κ3) is 5.93. The maximum atomic E-state index is 4.67. The van der Waals surface area contributed by atoms with Crippen molar-refractivity contribution in [3.8, 4) is 0 Å². The average Bonchev–Trinajstić information content (AvgIpc) is 3.18. The van der Waals surface area contributed by atoms with Gasteiger partial charge in [-0.25, -0.2) is 4.98 Å². The van der Waals surface area contributed by atoms with Crippen LogP contribution in [0.5, 0.6) is 0 Å². The maximum absolute atomic E-state index is 4.67. The van der Waals surface area contributed by atoms with Crippen molar-refractivity contribution in [2.45, 2.75) is 33.6 Å². The van der Waals surface area contributed by atoms with Gasteiger partial charge in [0.15, 0.2) is 5.96 Å². The predicted molar refractivity (Wildman–Crippen MR) is 127 cm³/mol. The Bertz CT molecular complexity index is 884. The molecule has 0 aliphatic carbocycles. The lowest BCUT2D eigenvalue weighted by Gasteiger charge is -2.11. The number of aromatic amines is 1. The van der Waals surface area contributed by atoms with Crippen LogP contribution in [0, 0.1) is 13.8 Å². The molecule has 0 saturated heterocycles. The van der Waals surface area contributed by atoms with Crippen LogP contribution in [-0.4, -0.2) is 35.6 Å². The minimum absolute atomic E-state index is 0. The molecule has 3 aromatic rings. The van der Waals surface area contributed by atoms with Gasteiger partial charge >= 0.3 is 0 Å². The number of aliphatic imine (C=N–C) groups is 1. The molecule has 0 fully saturated rings. The number of thiazole rings is 1. The normalized spacial score (nSPS) is 11.4. The van der Waals surface area contributed by atoms with Gasteiger partial charge in [-0.1, -0.05) is 18.2 Å². The highest BCUT2D eigenvalue weighted by molar-refractivity contribution is 14.0. The molecule has 27 heavy (non-hydrogen) atoms. The molecule has 0 saturated carbocycles. The van der Waals surface area contributed by atoms with Crippen molar-refractivity contribution in [3.05, 3.63) is 51.6 Å². The summed E-state index contributed by atoms with van der Waals surface area (Å²) in [5.74, 6) is 0.873. The van der Waals surface area contributed by atoms with E-state index in [0.29, 0.717) is 0 Å². The first-order valence-electron chi connectivity index (χ1n) is 9.17. The highest BCUT2D eigenvalue weighted by Gasteiger charge is 2.08. The summed E-state index contributed by atoms with van der Waals surface area (Å²) >= 11 is 1.75. The molecule has 0 amide bonds. The van der Waals surface area contributed by atoms with Crippen molar-refractivity contribution in [3.63, 3.8) is 0 Å². The number of para-hydroxylation sites is 1. The van der Waals surface area contributed by atoms with Gasteiger partial charge in [0.25, 0.3) is 0 Å². The Morgan fingerprint density at radius 3 is 2.74 bits per heavy atom. The van der Waals surface area contributed by atoms with Crippen LogP contribution in [0.1, 0.15) is 28.1 Å². The Labute approximate surface area is 182 Å². The van der Waals surface area contributed by atoms with E-state index < -0.39 is 0 Å². The summed E-state index contributed by atoms with van der Waals surface area (Å²) in [5.41, 5.74) is 3.83. The topological polar surface area (TPSA) is 65.1 Å². The van der Waals surface area contributed by atoms with Gasteiger partial charge < -0.3 is 15.6 Å². The fourth-order valence-electron chi connectivity index (χ4n) is 3.08. The first kappa shape index (κ1) is 21.7. The summed E-state index contributed by atoms with van der Waals surface area (Å²) < 4.78 is 0. The van der Waals surface area contributed by atoms with Crippen molar-refractivity contribution >= 4 is 52.2 Å². The number of H-pyrrole nitrogens is 1. The van der Waals surface area contributed by atoms with E-state index >= 15 is 0 Å². The Balaban J connectivity index is 0.00000261. The number of benzene rings is 1. The number of aryl methyl sites for hydroxylation is 2. The molecule has 0 bridgehead atoms. The van der Waals surface area contributed by atoms with E-state index in [1.54, 1.807) is 11.3 Å². The number of guanidine groups is 1. The molecule has 3 N–H and O–H groups in total. The van der Waals surface area contributed by atoms with E-state index in [-0.39, 0.29) is 24.0 Å². The first-order valence-corrected chi connectivity index (χ1v) is 9.98. The van der Waals surface area contributed by atoms with E-state index in [1.165, 1.54) is 27.0 Å². The summed E-state index contributed by atoms with van der Waals surface area (Å²) in [7, 11) is 0. The Morgan fingerprint density at radius 2 is 2.00 bits per heavy atom. The van der Waals surface area contributed by atoms with Gasteiger partial charge in [-0.2, -0.15) is 0 Å². The molecule has 146 valence electrons. The molecular weight excluding hydrogens is 469 g/mol. The van der Waals surface area contributed by atoms with Crippen LogP contribution in [0.15, 0.2) is 35.5 Å². The van der Waals surface area contributed by atoms with Crippen molar-refractivity contribution in [1.29, 1.82) is 0 Å². The molecule has 0 atom stereocenters. The van der Waals surface area contributed by atoms with E-state index in [9.17, 15) is 0 Å². The van der Waals surface area contributed by atoms with Crippen LogP contribution in [0.3, 0.4) is 0 Å². The molecule has 5 nitrogen and oxygen atoms in total. The highest BCUT2D eigenvalue weighted by Crippen LogP contribution is 2.21. The van der Waals surface area contributed by atoms with Crippen LogP contribution >= 0.6 is 35.3 Å². The first-order chi connectivity index (χ1) is 12.7. The fourth-order valence-corrected chi connectivity index (χ4v) is 3.86. The molecule has 7 heteroatoms. The smallest absolute Gasteiger partial charge is 0.191 e. The predicted octanol–water partition coefficient (Wildman–Crippen LogP) is 4.20. The van der Waals surface area contributed by atoms with Crippen molar-refractivity contribution < 1.29 is 0 Å². The standard InChI is InChI=1S/C20H27N5S.HI/c1-4-21-20(23-12-10-19-24-13-14(2)26-19)22-11-9-16-15(3)25-18-8-6-5-7-17(16)18;/h5-8,13,25H,4,9-12H2,1-3H3,(H2,21,22,23);1H. The monoisotopic (exact) mass is 497 g/mol. The number of hydrogen-bond donors (Lipinski definition) is 3. The molecule has 0 aliphatic rings. The van der Waals surface area contributed by atoms with Crippen LogP contribution in [0.25, 0.3) is 10.9 Å². The van der Waals surface area contributed by atoms with Crippen LogP contribution < -0.4 is 10.6 Å². The molecule has 2 aromatic heterocycles. The van der Waals surface area contributed by atoms with Gasteiger partial charge in [0.1, 0.15) is 0 Å². The van der Waals surface area contributed by atoms with Crippen molar-refractivity contribution in [2.24, 2.45) is 4.99 Å².